The second-order valence-corrected chi connectivity index (χ2v) is 8.80. The number of aromatic nitrogens is 1. The first-order chi connectivity index (χ1) is 16.5. The molecule has 0 saturated heterocycles. The normalized spacial score (nSPS) is 16.1. The lowest BCUT2D eigenvalue weighted by Gasteiger charge is -2.40. The molecule has 10 heteroatoms. The first kappa shape index (κ1) is 21.8. The van der Waals surface area contributed by atoms with Crippen molar-refractivity contribution in [2.45, 2.75) is 19.0 Å². The quantitative estimate of drug-likeness (QED) is 0.569. The Kier molecular flexibility index (Phi) is 5.58. The van der Waals surface area contributed by atoms with Crippen LogP contribution < -0.4 is 15.5 Å². The average molecular weight is 476 g/mol. The number of rotatable bonds is 6. The smallest absolute Gasteiger partial charge is 0.260 e. The summed E-state index contributed by atoms with van der Waals surface area (Å²) in [5.74, 6) is -0.864. The fourth-order valence-electron chi connectivity index (χ4n) is 4.30. The highest BCUT2D eigenvalue weighted by Gasteiger charge is 2.47. The number of para-hydroxylation sites is 1. The maximum atomic E-state index is 13.4. The first-order valence-electron chi connectivity index (χ1n) is 10.7. The minimum absolute atomic E-state index is 0.0267. The van der Waals surface area contributed by atoms with Crippen LogP contribution in [-0.2, 0) is 16.0 Å². The van der Waals surface area contributed by atoms with Crippen molar-refractivity contribution in [2.24, 2.45) is 0 Å². The van der Waals surface area contributed by atoms with E-state index in [4.69, 9.17) is 0 Å². The van der Waals surface area contributed by atoms with E-state index >= 15 is 0 Å². The monoisotopic (exact) mass is 475 g/mol. The minimum atomic E-state index is -0.599. The Labute approximate surface area is 199 Å². The number of carbonyl (C=O) groups excluding carboxylic acids is 4. The van der Waals surface area contributed by atoms with E-state index in [1.165, 1.54) is 11.3 Å². The Morgan fingerprint density at radius 2 is 1.74 bits per heavy atom. The fraction of sp³-hybridized carbons (Fsp3) is 0.208. The molecular weight excluding hydrogens is 454 g/mol. The van der Waals surface area contributed by atoms with Gasteiger partial charge in [-0.25, -0.2) is 4.98 Å². The summed E-state index contributed by atoms with van der Waals surface area (Å²) in [5.41, 5.74) is 2.87. The number of nitrogens with one attached hydrogen (secondary N) is 2. The number of benzene rings is 2. The highest BCUT2D eigenvalue weighted by atomic mass is 32.1. The highest BCUT2D eigenvalue weighted by molar-refractivity contribution is 7.13. The molecule has 172 valence electrons. The van der Waals surface area contributed by atoms with Crippen LogP contribution in [0.15, 0.2) is 53.9 Å². The van der Waals surface area contributed by atoms with Gasteiger partial charge in [-0.1, -0.05) is 30.3 Å². The molecule has 34 heavy (non-hydrogen) atoms. The maximum Gasteiger partial charge on any atom is 0.260 e. The second kappa shape index (κ2) is 8.71. The third kappa shape index (κ3) is 3.71. The Morgan fingerprint density at radius 3 is 2.53 bits per heavy atom. The van der Waals surface area contributed by atoms with Gasteiger partial charge in [0.25, 0.3) is 11.8 Å². The summed E-state index contributed by atoms with van der Waals surface area (Å²) in [6.45, 7) is 0.123. The van der Waals surface area contributed by atoms with Crippen LogP contribution in [0.2, 0.25) is 0 Å². The van der Waals surface area contributed by atoms with Crippen LogP contribution >= 0.6 is 11.3 Å². The molecule has 0 unspecified atom stereocenters. The first-order valence-corrected chi connectivity index (χ1v) is 11.6. The number of carbonyl (C=O) groups is 4. The lowest BCUT2D eigenvalue weighted by molar-refractivity contribution is -0.120. The van der Waals surface area contributed by atoms with Crippen LogP contribution in [0.1, 0.15) is 44.6 Å². The third-order valence-corrected chi connectivity index (χ3v) is 6.69. The van der Waals surface area contributed by atoms with Crippen LogP contribution in [-0.4, -0.2) is 47.1 Å². The van der Waals surface area contributed by atoms with E-state index in [1.54, 1.807) is 58.6 Å². The molecule has 2 aliphatic heterocycles. The number of thiazole rings is 1. The molecule has 0 saturated carbocycles. The Morgan fingerprint density at radius 1 is 1.00 bits per heavy atom. The molecule has 0 bridgehead atoms. The lowest BCUT2D eigenvalue weighted by atomic mass is 10.0. The molecule has 2 aliphatic rings. The van der Waals surface area contributed by atoms with Crippen molar-refractivity contribution in [1.82, 2.24) is 15.2 Å². The van der Waals surface area contributed by atoms with E-state index in [2.05, 4.69) is 15.6 Å². The van der Waals surface area contributed by atoms with Crippen molar-refractivity contribution in [2.75, 3.05) is 23.8 Å². The van der Waals surface area contributed by atoms with Gasteiger partial charge in [-0.2, -0.15) is 0 Å². The van der Waals surface area contributed by atoms with Gasteiger partial charge in [0.2, 0.25) is 11.8 Å². The average Bonchev–Trinajstić information content (AvgIpc) is 3.41. The molecule has 0 spiro atoms. The Balaban J connectivity index is 1.35. The van der Waals surface area contributed by atoms with Gasteiger partial charge < -0.3 is 15.5 Å². The van der Waals surface area contributed by atoms with E-state index < -0.39 is 6.17 Å². The summed E-state index contributed by atoms with van der Waals surface area (Å²) in [6, 6.07) is 14.3. The molecule has 9 nitrogen and oxygen atoms in total. The molecule has 0 aliphatic carbocycles. The van der Waals surface area contributed by atoms with E-state index in [0.29, 0.717) is 27.6 Å². The molecule has 4 amide bonds. The van der Waals surface area contributed by atoms with Crippen LogP contribution in [0.5, 0.6) is 0 Å². The van der Waals surface area contributed by atoms with Crippen molar-refractivity contribution in [3.63, 3.8) is 0 Å². The predicted octanol–water partition coefficient (Wildman–Crippen LogP) is 2.58. The largest absolute Gasteiger partial charge is 0.359 e. The Bertz CT molecular complexity index is 1320. The minimum Gasteiger partial charge on any atom is -0.359 e. The maximum absolute atomic E-state index is 13.4. The van der Waals surface area contributed by atoms with E-state index in [-0.39, 0.29) is 43.0 Å². The number of anilines is 2. The number of likely N-dealkylation sites (N-methyl/N-ethyl adjacent to an activating group) is 1. The van der Waals surface area contributed by atoms with Crippen LogP contribution in [0, 0.1) is 0 Å². The zero-order chi connectivity index (χ0) is 23.8. The lowest BCUT2D eigenvalue weighted by Crippen LogP contribution is -2.48. The fourth-order valence-corrected chi connectivity index (χ4v) is 5.03. The van der Waals surface area contributed by atoms with Gasteiger partial charge in [0.05, 0.1) is 23.4 Å². The van der Waals surface area contributed by atoms with Crippen LogP contribution in [0.4, 0.5) is 10.8 Å². The summed E-state index contributed by atoms with van der Waals surface area (Å²) in [6.07, 6.45) is -0.438. The molecule has 3 heterocycles. The van der Waals surface area contributed by atoms with Gasteiger partial charge in [-0.3, -0.25) is 24.1 Å². The van der Waals surface area contributed by atoms with Crippen LogP contribution in [0.3, 0.4) is 0 Å². The molecule has 5 rings (SSSR count). The summed E-state index contributed by atoms with van der Waals surface area (Å²) in [4.78, 5) is 58.2. The van der Waals surface area contributed by atoms with E-state index in [9.17, 15) is 19.2 Å². The molecule has 1 atom stereocenters. The van der Waals surface area contributed by atoms with Gasteiger partial charge in [-0.05, 0) is 18.2 Å². The molecule has 2 aromatic carbocycles. The summed E-state index contributed by atoms with van der Waals surface area (Å²) in [5, 5.41) is 7.37. The van der Waals surface area contributed by atoms with E-state index in [0.717, 1.165) is 5.56 Å². The van der Waals surface area contributed by atoms with Crippen molar-refractivity contribution in [3.05, 3.63) is 76.3 Å². The van der Waals surface area contributed by atoms with Crippen molar-refractivity contribution >= 4 is 45.8 Å². The number of fused-ring (bicyclic) bond motifs is 5. The zero-order valence-electron chi connectivity index (χ0n) is 18.3. The molecular formula is C24H21N5O4S. The van der Waals surface area contributed by atoms with Crippen molar-refractivity contribution in [3.8, 4) is 0 Å². The molecule has 0 fully saturated rings. The van der Waals surface area contributed by atoms with Crippen molar-refractivity contribution < 1.29 is 19.2 Å². The second-order valence-electron chi connectivity index (χ2n) is 7.94. The zero-order valence-corrected chi connectivity index (χ0v) is 19.1. The number of nitrogens with zero attached hydrogens (tertiary/aromatic N) is 3. The van der Waals surface area contributed by atoms with Gasteiger partial charge in [0, 0.05) is 36.5 Å². The topological polar surface area (TPSA) is 112 Å². The standard InChI is InChI=1S/C24H21N5O4S/c1-25-20(31)12-14-13-34-24(26-14)27-19(30)10-11-28-21-15-6-2-3-7-16(15)23(33)29(21)18-9-5-4-8-17(18)22(28)32/h2-9,13,21H,10-12H2,1H3,(H,25,31)(H,26,27,30)/t21-/m1/s1. The number of amides is 4. The van der Waals surface area contributed by atoms with Gasteiger partial charge in [0.15, 0.2) is 5.13 Å². The third-order valence-electron chi connectivity index (χ3n) is 5.88. The molecule has 0 radical (unpaired) electrons. The van der Waals surface area contributed by atoms with Crippen molar-refractivity contribution in [1.29, 1.82) is 0 Å². The molecule has 2 N–H and O–H groups in total. The SMILES string of the molecule is CNC(=O)Cc1csc(NC(=O)CCN2C(=O)c3ccccc3N3C(=O)c4ccccc4[C@H]23)n1. The van der Waals surface area contributed by atoms with Gasteiger partial charge in [0.1, 0.15) is 6.17 Å². The number of hydrogen-bond acceptors (Lipinski definition) is 6. The van der Waals surface area contributed by atoms with Crippen LogP contribution in [0.25, 0.3) is 0 Å². The summed E-state index contributed by atoms with van der Waals surface area (Å²) < 4.78 is 0. The number of hydrogen-bond donors (Lipinski definition) is 2. The summed E-state index contributed by atoms with van der Waals surface area (Å²) >= 11 is 1.23. The summed E-state index contributed by atoms with van der Waals surface area (Å²) in [7, 11) is 1.55. The van der Waals surface area contributed by atoms with Gasteiger partial charge >= 0.3 is 0 Å². The predicted molar refractivity (Wildman–Crippen MR) is 127 cm³/mol. The molecule has 1 aromatic heterocycles. The molecule has 3 aromatic rings. The highest BCUT2D eigenvalue weighted by Crippen LogP contribution is 2.45. The Hall–Kier alpha value is -4.05. The van der Waals surface area contributed by atoms with E-state index in [1.807, 2.05) is 12.1 Å². The van der Waals surface area contributed by atoms with Gasteiger partial charge in [-0.15, -0.1) is 11.3 Å².